The number of hydrogen-bond donors (Lipinski definition) is 1. The predicted molar refractivity (Wildman–Crippen MR) is 128 cm³/mol. The minimum absolute atomic E-state index is 0.0979. The van der Waals surface area contributed by atoms with E-state index in [1.54, 1.807) is 28.4 Å². The van der Waals surface area contributed by atoms with Crippen LogP contribution in [-0.4, -0.2) is 74.3 Å². The molecule has 10 heteroatoms. The van der Waals surface area contributed by atoms with Crippen molar-refractivity contribution >= 4 is 29.0 Å². The molecule has 1 atom stereocenters. The van der Waals surface area contributed by atoms with Crippen molar-refractivity contribution in [1.29, 1.82) is 0 Å². The second-order valence-corrected chi connectivity index (χ2v) is 10.1. The number of morpholine rings is 1. The fourth-order valence-corrected chi connectivity index (χ4v) is 5.75. The highest BCUT2D eigenvalue weighted by molar-refractivity contribution is 7.16. The van der Waals surface area contributed by atoms with Gasteiger partial charge in [0.2, 0.25) is 5.95 Å². The Morgan fingerprint density at radius 1 is 1.27 bits per heavy atom. The van der Waals surface area contributed by atoms with Gasteiger partial charge in [0.15, 0.2) is 0 Å². The van der Waals surface area contributed by atoms with E-state index in [4.69, 9.17) is 4.74 Å². The molecule has 1 N–H and O–H groups in total. The van der Waals surface area contributed by atoms with E-state index in [9.17, 15) is 4.79 Å². The number of carbonyl (C=O) groups excluding carboxylic acids is 1. The Morgan fingerprint density at radius 2 is 2.12 bits per heavy atom. The molecule has 0 spiro atoms. The molecule has 0 unspecified atom stereocenters. The maximum absolute atomic E-state index is 13.4. The number of nitrogens with zero attached hydrogens (tertiary/aromatic N) is 6. The lowest BCUT2D eigenvalue weighted by molar-refractivity contribution is -0.00700. The molecule has 2 aliphatic heterocycles. The van der Waals surface area contributed by atoms with Gasteiger partial charge in [0.05, 0.1) is 41.1 Å². The first-order valence-electron chi connectivity index (χ1n) is 11.2. The van der Waals surface area contributed by atoms with Gasteiger partial charge < -0.3 is 15.0 Å². The van der Waals surface area contributed by atoms with E-state index >= 15 is 0 Å². The minimum atomic E-state index is -0.353. The monoisotopic (exact) mass is 467 g/mol. The second-order valence-electron chi connectivity index (χ2n) is 9.06. The van der Waals surface area contributed by atoms with Crippen LogP contribution in [0.1, 0.15) is 36.0 Å². The van der Waals surface area contributed by atoms with Crippen molar-refractivity contribution in [2.24, 2.45) is 7.05 Å². The maximum atomic E-state index is 13.4. The van der Waals surface area contributed by atoms with Crippen molar-refractivity contribution in [1.82, 2.24) is 29.5 Å². The van der Waals surface area contributed by atoms with Gasteiger partial charge in [-0.25, -0.2) is 9.97 Å². The summed E-state index contributed by atoms with van der Waals surface area (Å²) < 4.78 is 7.27. The van der Waals surface area contributed by atoms with Gasteiger partial charge in [-0.2, -0.15) is 5.10 Å². The number of nitrogens with one attached hydrogen (secondary N) is 1. The molecular weight excluding hydrogens is 438 g/mol. The van der Waals surface area contributed by atoms with Gasteiger partial charge >= 0.3 is 0 Å². The Kier molecular flexibility index (Phi) is 5.67. The smallest absolute Gasteiger partial charge is 0.255 e. The van der Waals surface area contributed by atoms with Crippen molar-refractivity contribution in [3.63, 3.8) is 0 Å². The van der Waals surface area contributed by atoms with Crippen molar-refractivity contribution < 1.29 is 9.53 Å². The summed E-state index contributed by atoms with van der Waals surface area (Å²) in [6.07, 6.45) is 3.45. The highest BCUT2D eigenvalue weighted by Gasteiger charge is 2.45. The molecule has 2 aliphatic rings. The number of anilines is 2. The maximum Gasteiger partial charge on any atom is 0.255 e. The molecule has 0 aromatic carbocycles. The summed E-state index contributed by atoms with van der Waals surface area (Å²) >= 11 is 1.64. The van der Waals surface area contributed by atoms with E-state index in [2.05, 4.69) is 46.1 Å². The fraction of sp³-hybridized carbons (Fsp3) is 0.478. The van der Waals surface area contributed by atoms with Crippen LogP contribution in [0.5, 0.6) is 0 Å². The standard InChI is InChI=1S/C23H29N7O2S/c1-15-14-32-12-11-29(15)9-10-30-21(31)16-13-18(33-20(16)23(30,2)3)17-5-7-24-22(26-17)27-19-6-8-25-28(19)4/h5-8,13,15H,9-12,14H2,1-4H3,(H,24,26,27)/t15-/m1/s1. The molecule has 0 aliphatic carbocycles. The quantitative estimate of drug-likeness (QED) is 0.596. The van der Waals surface area contributed by atoms with Gasteiger partial charge in [-0.05, 0) is 32.9 Å². The first kappa shape index (κ1) is 22.0. The van der Waals surface area contributed by atoms with Gasteiger partial charge in [0.25, 0.3) is 5.91 Å². The number of ether oxygens (including phenoxy) is 1. The van der Waals surface area contributed by atoms with Gasteiger partial charge in [-0.15, -0.1) is 11.3 Å². The average molecular weight is 468 g/mol. The van der Waals surface area contributed by atoms with Gasteiger partial charge in [0.1, 0.15) is 5.82 Å². The lowest BCUT2D eigenvalue weighted by atomic mass is 10.0. The molecule has 3 aromatic heterocycles. The molecule has 1 fully saturated rings. The SMILES string of the molecule is C[C@@H]1COCCN1CCN1C(=O)c2cc(-c3ccnc(Nc4ccnn4C)n3)sc2C1(C)C. The van der Waals surface area contributed by atoms with Crippen molar-refractivity contribution in [2.75, 3.05) is 38.2 Å². The number of thiophene rings is 1. The summed E-state index contributed by atoms with van der Waals surface area (Å²) in [5.41, 5.74) is 1.23. The first-order valence-corrected chi connectivity index (χ1v) is 12.0. The molecule has 174 valence electrons. The highest BCUT2D eigenvalue weighted by Crippen LogP contribution is 2.45. The number of fused-ring (bicyclic) bond motifs is 1. The summed E-state index contributed by atoms with van der Waals surface area (Å²) in [6.45, 7) is 10.4. The Morgan fingerprint density at radius 3 is 2.85 bits per heavy atom. The molecule has 33 heavy (non-hydrogen) atoms. The van der Waals surface area contributed by atoms with Gasteiger partial charge in [-0.1, -0.05) is 0 Å². The largest absolute Gasteiger partial charge is 0.379 e. The topological polar surface area (TPSA) is 88.4 Å². The Bertz CT molecular complexity index is 1170. The number of hydrogen-bond acceptors (Lipinski definition) is 8. The van der Waals surface area contributed by atoms with E-state index in [0.717, 1.165) is 53.1 Å². The average Bonchev–Trinajstić information content (AvgIpc) is 3.46. The number of rotatable bonds is 6. The molecule has 9 nitrogen and oxygen atoms in total. The summed E-state index contributed by atoms with van der Waals surface area (Å²) in [5.74, 6) is 1.40. The van der Waals surface area contributed by atoms with E-state index < -0.39 is 0 Å². The van der Waals surface area contributed by atoms with Crippen LogP contribution in [-0.2, 0) is 17.3 Å². The number of carbonyl (C=O) groups is 1. The molecule has 1 amide bonds. The second kappa shape index (κ2) is 8.51. The zero-order valence-corrected chi connectivity index (χ0v) is 20.2. The number of amides is 1. The van der Waals surface area contributed by atoms with Crippen LogP contribution in [0.3, 0.4) is 0 Å². The van der Waals surface area contributed by atoms with Crippen LogP contribution < -0.4 is 5.32 Å². The summed E-state index contributed by atoms with van der Waals surface area (Å²) in [6, 6.07) is 6.11. The van der Waals surface area contributed by atoms with E-state index in [1.165, 1.54) is 0 Å². The van der Waals surface area contributed by atoms with Crippen LogP contribution in [0.15, 0.2) is 30.6 Å². The lowest BCUT2D eigenvalue weighted by Crippen LogP contribution is -2.49. The van der Waals surface area contributed by atoms with Crippen molar-refractivity contribution in [3.05, 3.63) is 41.0 Å². The Labute approximate surface area is 197 Å². The van der Waals surface area contributed by atoms with E-state index in [0.29, 0.717) is 18.5 Å². The van der Waals surface area contributed by atoms with Gasteiger partial charge in [-0.3, -0.25) is 14.4 Å². The normalized spacial score (nSPS) is 20.3. The third-order valence-corrected chi connectivity index (χ3v) is 7.99. The molecule has 3 aromatic rings. The third-order valence-electron chi connectivity index (χ3n) is 6.52. The molecule has 0 radical (unpaired) electrons. The summed E-state index contributed by atoms with van der Waals surface area (Å²) in [4.78, 5) is 28.8. The van der Waals surface area contributed by atoms with Crippen LogP contribution in [0.25, 0.3) is 10.6 Å². The van der Waals surface area contributed by atoms with Crippen LogP contribution in [0, 0.1) is 0 Å². The van der Waals surface area contributed by atoms with Crippen LogP contribution in [0.2, 0.25) is 0 Å². The molecule has 5 rings (SSSR count). The van der Waals surface area contributed by atoms with Crippen molar-refractivity contribution in [2.45, 2.75) is 32.4 Å². The van der Waals surface area contributed by atoms with Crippen molar-refractivity contribution in [3.8, 4) is 10.6 Å². The lowest BCUT2D eigenvalue weighted by Gasteiger charge is -2.37. The molecule has 5 heterocycles. The van der Waals surface area contributed by atoms with E-state index in [-0.39, 0.29) is 11.4 Å². The zero-order valence-electron chi connectivity index (χ0n) is 19.4. The van der Waals surface area contributed by atoms with Crippen LogP contribution in [0.4, 0.5) is 11.8 Å². The zero-order chi connectivity index (χ0) is 23.2. The molecule has 1 saturated heterocycles. The predicted octanol–water partition coefficient (Wildman–Crippen LogP) is 3.09. The fourth-order valence-electron chi connectivity index (χ4n) is 4.52. The highest BCUT2D eigenvalue weighted by atomic mass is 32.1. The number of aromatic nitrogens is 4. The minimum Gasteiger partial charge on any atom is -0.379 e. The molecule has 0 bridgehead atoms. The number of aryl methyl sites for hydroxylation is 1. The Balaban J connectivity index is 1.34. The van der Waals surface area contributed by atoms with E-state index in [1.807, 2.05) is 30.1 Å². The van der Waals surface area contributed by atoms with Crippen LogP contribution >= 0.6 is 11.3 Å². The summed E-state index contributed by atoms with van der Waals surface area (Å²) in [5, 5.41) is 7.35. The summed E-state index contributed by atoms with van der Waals surface area (Å²) in [7, 11) is 1.86. The van der Waals surface area contributed by atoms with Gasteiger partial charge in [0, 0.05) is 49.9 Å². The molecule has 0 saturated carbocycles. The molecular formula is C23H29N7O2S. The Hall–Kier alpha value is -2.82. The first-order chi connectivity index (χ1) is 15.8. The third kappa shape index (κ3) is 4.03.